The van der Waals surface area contributed by atoms with Gasteiger partial charge < -0.3 is 9.64 Å². The van der Waals surface area contributed by atoms with Gasteiger partial charge in [0.05, 0.1) is 4.91 Å². The fraction of sp³-hybridized carbons (Fsp3) is 0.357. The van der Waals surface area contributed by atoms with E-state index >= 15 is 0 Å². The van der Waals surface area contributed by atoms with Gasteiger partial charge in [-0.05, 0) is 31.6 Å². The Kier molecular flexibility index (Phi) is 6.13. The SMILES string of the molecule is CN(C)CCOC(=O)CN1C(=O)C(=Cc2cccs2)SC1=S. The summed E-state index contributed by atoms with van der Waals surface area (Å²) in [6.07, 6.45) is 1.79. The second kappa shape index (κ2) is 7.87. The molecule has 0 radical (unpaired) electrons. The minimum Gasteiger partial charge on any atom is -0.463 e. The number of nitrogens with zero attached hydrogens (tertiary/aromatic N) is 2. The molecular weight excluding hydrogens is 340 g/mol. The topological polar surface area (TPSA) is 49.9 Å². The number of thiophene rings is 1. The van der Waals surface area contributed by atoms with E-state index in [2.05, 4.69) is 0 Å². The third kappa shape index (κ3) is 4.64. The Morgan fingerprint density at radius 3 is 2.91 bits per heavy atom. The molecule has 1 saturated heterocycles. The lowest BCUT2D eigenvalue weighted by atomic mass is 10.3. The zero-order chi connectivity index (χ0) is 16.1. The molecule has 0 unspecified atom stereocenters. The number of ether oxygens (including phenoxy) is 1. The van der Waals surface area contributed by atoms with Crippen LogP contribution in [0.15, 0.2) is 22.4 Å². The maximum absolute atomic E-state index is 12.3. The van der Waals surface area contributed by atoms with Crippen LogP contribution in [0.3, 0.4) is 0 Å². The predicted octanol–water partition coefficient (Wildman–Crippen LogP) is 2.05. The summed E-state index contributed by atoms with van der Waals surface area (Å²) in [6, 6.07) is 3.84. The molecule has 1 amide bonds. The molecular formula is C14H16N2O3S3. The molecule has 0 aliphatic carbocycles. The third-order valence-electron chi connectivity index (χ3n) is 2.78. The predicted molar refractivity (Wildman–Crippen MR) is 93.7 cm³/mol. The number of esters is 1. The van der Waals surface area contributed by atoms with Gasteiger partial charge in [0.2, 0.25) is 0 Å². The van der Waals surface area contributed by atoms with Crippen LogP contribution in [-0.2, 0) is 14.3 Å². The van der Waals surface area contributed by atoms with Crippen LogP contribution >= 0.6 is 35.3 Å². The summed E-state index contributed by atoms with van der Waals surface area (Å²) < 4.78 is 5.48. The molecule has 1 aromatic heterocycles. The van der Waals surface area contributed by atoms with Crippen molar-refractivity contribution < 1.29 is 14.3 Å². The number of hydrogen-bond acceptors (Lipinski definition) is 7. The molecule has 1 aromatic rings. The average Bonchev–Trinajstić information content (AvgIpc) is 3.03. The largest absolute Gasteiger partial charge is 0.463 e. The standard InChI is InChI=1S/C14H16N2O3S3/c1-15(2)5-6-19-12(17)9-16-13(18)11(22-14(16)20)8-10-4-3-7-21-10/h3-4,7-8H,5-6,9H2,1-2H3. The fourth-order valence-electron chi connectivity index (χ4n) is 1.66. The molecule has 2 heterocycles. The monoisotopic (exact) mass is 356 g/mol. The van der Waals surface area contributed by atoms with Crippen molar-refractivity contribution in [2.45, 2.75) is 0 Å². The van der Waals surface area contributed by atoms with Crippen molar-refractivity contribution in [1.82, 2.24) is 9.80 Å². The lowest BCUT2D eigenvalue weighted by molar-refractivity contribution is -0.146. The third-order valence-corrected chi connectivity index (χ3v) is 4.98. The average molecular weight is 356 g/mol. The fourth-order valence-corrected chi connectivity index (χ4v) is 3.63. The van der Waals surface area contributed by atoms with Gasteiger partial charge in [0, 0.05) is 11.4 Å². The summed E-state index contributed by atoms with van der Waals surface area (Å²) in [5, 5.41) is 1.94. The molecule has 1 aliphatic rings. The van der Waals surface area contributed by atoms with Crippen molar-refractivity contribution in [3.05, 3.63) is 27.3 Å². The van der Waals surface area contributed by atoms with Crippen LogP contribution in [0, 0.1) is 0 Å². The highest BCUT2D eigenvalue weighted by Gasteiger charge is 2.33. The van der Waals surface area contributed by atoms with E-state index < -0.39 is 5.97 Å². The molecule has 0 atom stereocenters. The van der Waals surface area contributed by atoms with E-state index in [1.54, 1.807) is 17.4 Å². The smallest absolute Gasteiger partial charge is 0.326 e. The summed E-state index contributed by atoms with van der Waals surface area (Å²) in [4.78, 5) is 28.8. The molecule has 0 saturated carbocycles. The number of thiocarbonyl (C=S) groups is 1. The molecule has 0 spiro atoms. The van der Waals surface area contributed by atoms with E-state index in [9.17, 15) is 9.59 Å². The molecule has 1 aliphatic heterocycles. The van der Waals surface area contributed by atoms with Gasteiger partial charge in [-0.15, -0.1) is 11.3 Å². The summed E-state index contributed by atoms with van der Waals surface area (Å²) in [7, 11) is 3.79. The molecule has 2 rings (SSSR count). The van der Waals surface area contributed by atoms with Crippen LogP contribution < -0.4 is 0 Å². The van der Waals surface area contributed by atoms with E-state index in [1.807, 2.05) is 36.5 Å². The van der Waals surface area contributed by atoms with E-state index in [0.29, 0.717) is 22.4 Å². The molecule has 8 heteroatoms. The zero-order valence-electron chi connectivity index (χ0n) is 12.3. The van der Waals surface area contributed by atoms with E-state index in [-0.39, 0.29) is 12.5 Å². The number of amides is 1. The Balaban J connectivity index is 1.93. The first-order valence-corrected chi connectivity index (χ1v) is 8.67. The van der Waals surface area contributed by atoms with Crippen molar-refractivity contribution in [1.29, 1.82) is 0 Å². The second-order valence-corrected chi connectivity index (χ2v) is 7.46. The number of rotatable bonds is 6. The first-order valence-electron chi connectivity index (χ1n) is 6.56. The van der Waals surface area contributed by atoms with Crippen molar-refractivity contribution in [2.75, 3.05) is 33.8 Å². The highest BCUT2D eigenvalue weighted by Crippen LogP contribution is 2.33. The lowest BCUT2D eigenvalue weighted by Crippen LogP contribution is -2.35. The molecule has 0 N–H and O–H groups in total. The van der Waals surface area contributed by atoms with E-state index in [1.165, 1.54) is 16.7 Å². The molecule has 1 fully saturated rings. The van der Waals surface area contributed by atoms with E-state index in [0.717, 1.165) is 4.88 Å². The summed E-state index contributed by atoms with van der Waals surface area (Å²) >= 11 is 7.93. The van der Waals surface area contributed by atoms with Gasteiger partial charge in [-0.3, -0.25) is 14.5 Å². The van der Waals surface area contributed by atoms with Crippen LogP contribution in [-0.4, -0.2) is 59.8 Å². The first kappa shape index (κ1) is 17.1. The highest BCUT2D eigenvalue weighted by molar-refractivity contribution is 8.26. The minimum atomic E-state index is -0.449. The van der Waals surface area contributed by atoms with Gasteiger partial charge in [0.15, 0.2) is 0 Å². The van der Waals surface area contributed by atoms with Crippen molar-refractivity contribution >= 4 is 57.6 Å². The number of likely N-dealkylation sites (N-methyl/N-ethyl adjacent to an activating group) is 1. The van der Waals surface area contributed by atoms with Crippen LogP contribution in [0.2, 0.25) is 0 Å². The van der Waals surface area contributed by atoms with Crippen LogP contribution in [0.25, 0.3) is 6.08 Å². The Hall–Kier alpha value is -1.22. The zero-order valence-corrected chi connectivity index (χ0v) is 14.7. The van der Waals surface area contributed by atoms with Crippen molar-refractivity contribution in [3.63, 3.8) is 0 Å². The second-order valence-electron chi connectivity index (χ2n) is 4.81. The molecule has 5 nitrogen and oxygen atoms in total. The number of carbonyl (C=O) groups is 2. The van der Waals surface area contributed by atoms with Crippen molar-refractivity contribution in [3.8, 4) is 0 Å². The normalized spacial score (nSPS) is 16.9. The number of hydrogen-bond donors (Lipinski definition) is 0. The van der Waals surface area contributed by atoms with E-state index in [4.69, 9.17) is 17.0 Å². The molecule has 118 valence electrons. The summed E-state index contributed by atoms with van der Waals surface area (Å²) in [5.74, 6) is -0.691. The summed E-state index contributed by atoms with van der Waals surface area (Å²) in [6.45, 7) is 0.800. The quantitative estimate of drug-likeness (QED) is 0.442. The number of carbonyl (C=O) groups excluding carboxylic acids is 2. The van der Waals surface area contributed by atoms with Gasteiger partial charge in [0.25, 0.3) is 5.91 Å². The maximum Gasteiger partial charge on any atom is 0.326 e. The Morgan fingerprint density at radius 2 is 2.27 bits per heavy atom. The van der Waals surface area contributed by atoms with Gasteiger partial charge in [0.1, 0.15) is 17.5 Å². The van der Waals surface area contributed by atoms with Crippen LogP contribution in [0.1, 0.15) is 4.88 Å². The Bertz CT molecular complexity index is 596. The molecule has 0 bridgehead atoms. The number of thioether (sulfide) groups is 1. The highest BCUT2D eigenvalue weighted by atomic mass is 32.2. The molecule has 0 aromatic carbocycles. The summed E-state index contributed by atoms with van der Waals surface area (Å²) in [5.41, 5.74) is 0. The van der Waals surface area contributed by atoms with Crippen LogP contribution in [0.5, 0.6) is 0 Å². The lowest BCUT2D eigenvalue weighted by Gasteiger charge is -2.14. The first-order chi connectivity index (χ1) is 10.5. The van der Waals surface area contributed by atoms with Gasteiger partial charge in [-0.1, -0.05) is 30.0 Å². The van der Waals surface area contributed by atoms with Crippen molar-refractivity contribution in [2.24, 2.45) is 0 Å². The Labute approximate surface area is 142 Å². The minimum absolute atomic E-state index is 0.139. The Morgan fingerprint density at radius 1 is 1.50 bits per heavy atom. The molecule has 22 heavy (non-hydrogen) atoms. The van der Waals surface area contributed by atoms with Gasteiger partial charge in [-0.25, -0.2) is 0 Å². The van der Waals surface area contributed by atoms with Crippen LogP contribution in [0.4, 0.5) is 0 Å². The van der Waals surface area contributed by atoms with Gasteiger partial charge >= 0.3 is 5.97 Å². The maximum atomic E-state index is 12.3. The van der Waals surface area contributed by atoms with Gasteiger partial charge in [-0.2, -0.15) is 0 Å².